The Morgan fingerprint density at radius 3 is 2.60 bits per heavy atom. The third kappa shape index (κ3) is 5.20. The van der Waals surface area contributed by atoms with Crippen LogP contribution in [0.15, 0.2) is 36.7 Å². The van der Waals surface area contributed by atoms with Crippen LogP contribution in [0.1, 0.15) is 0 Å². The van der Waals surface area contributed by atoms with Crippen molar-refractivity contribution in [2.45, 2.75) is 6.54 Å². The van der Waals surface area contributed by atoms with Crippen molar-refractivity contribution >= 4 is 17.4 Å². The van der Waals surface area contributed by atoms with Gasteiger partial charge in [0, 0.05) is 31.5 Å². The van der Waals surface area contributed by atoms with Gasteiger partial charge >= 0.3 is 6.03 Å². The van der Waals surface area contributed by atoms with Crippen LogP contribution < -0.4 is 15.4 Å². The molecule has 0 atom stereocenters. The number of aromatic nitrogens is 2. The SMILES string of the molecule is COc1ccc(NC(=O)Nc2cnn(CCN3CCOCC3)c2)cc1. The number of carbonyl (C=O) groups is 1. The molecule has 1 saturated heterocycles. The Labute approximate surface area is 146 Å². The lowest BCUT2D eigenvalue weighted by molar-refractivity contribution is 0.0360. The smallest absolute Gasteiger partial charge is 0.323 e. The number of rotatable bonds is 6. The van der Waals surface area contributed by atoms with Gasteiger partial charge in [-0.1, -0.05) is 0 Å². The van der Waals surface area contributed by atoms with Gasteiger partial charge in [0.25, 0.3) is 0 Å². The number of nitrogens with one attached hydrogen (secondary N) is 2. The Balaban J connectivity index is 1.45. The fourth-order valence-corrected chi connectivity index (χ4v) is 2.59. The van der Waals surface area contributed by atoms with E-state index in [0.717, 1.165) is 45.1 Å². The number of ether oxygens (including phenoxy) is 2. The van der Waals surface area contributed by atoms with E-state index in [0.29, 0.717) is 11.4 Å². The van der Waals surface area contributed by atoms with Crippen LogP contribution in [0.25, 0.3) is 0 Å². The second-order valence-corrected chi connectivity index (χ2v) is 5.75. The van der Waals surface area contributed by atoms with E-state index in [1.165, 1.54) is 0 Å². The van der Waals surface area contributed by atoms with Crippen LogP contribution in [0.3, 0.4) is 0 Å². The van der Waals surface area contributed by atoms with Gasteiger partial charge in [0.2, 0.25) is 0 Å². The number of urea groups is 1. The summed E-state index contributed by atoms with van der Waals surface area (Å²) in [7, 11) is 1.60. The maximum Gasteiger partial charge on any atom is 0.323 e. The van der Waals surface area contributed by atoms with Gasteiger partial charge in [0.05, 0.1) is 38.8 Å². The molecule has 1 aromatic heterocycles. The third-order valence-electron chi connectivity index (χ3n) is 3.99. The molecule has 0 unspecified atom stereocenters. The maximum atomic E-state index is 12.0. The molecule has 2 aromatic rings. The van der Waals surface area contributed by atoms with Crippen molar-refractivity contribution in [3.8, 4) is 5.75 Å². The van der Waals surface area contributed by atoms with Crippen molar-refractivity contribution in [3.05, 3.63) is 36.7 Å². The first-order valence-corrected chi connectivity index (χ1v) is 8.27. The fraction of sp³-hybridized carbons (Fsp3) is 0.412. The van der Waals surface area contributed by atoms with E-state index in [2.05, 4.69) is 20.6 Å². The number of nitrogens with zero attached hydrogens (tertiary/aromatic N) is 3. The predicted octanol–water partition coefficient (Wildman–Crippen LogP) is 1.87. The van der Waals surface area contributed by atoms with Crippen LogP contribution in [0.4, 0.5) is 16.2 Å². The van der Waals surface area contributed by atoms with Gasteiger partial charge in [0.15, 0.2) is 0 Å². The van der Waals surface area contributed by atoms with E-state index in [-0.39, 0.29) is 6.03 Å². The minimum atomic E-state index is -0.308. The summed E-state index contributed by atoms with van der Waals surface area (Å²) in [4.78, 5) is 14.4. The number of morpholine rings is 1. The molecule has 2 heterocycles. The Morgan fingerprint density at radius 1 is 1.16 bits per heavy atom. The zero-order valence-corrected chi connectivity index (χ0v) is 14.3. The van der Waals surface area contributed by atoms with E-state index < -0.39 is 0 Å². The van der Waals surface area contributed by atoms with Crippen molar-refractivity contribution in [3.63, 3.8) is 0 Å². The molecule has 1 aliphatic rings. The summed E-state index contributed by atoms with van der Waals surface area (Å²) >= 11 is 0. The Hall–Kier alpha value is -2.58. The average molecular weight is 345 g/mol. The molecule has 0 bridgehead atoms. The largest absolute Gasteiger partial charge is 0.497 e. The minimum Gasteiger partial charge on any atom is -0.497 e. The number of amides is 2. The van der Waals surface area contributed by atoms with Gasteiger partial charge in [-0.05, 0) is 24.3 Å². The zero-order valence-electron chi connectivity index (χ0n) is 14.3. The highest BCUT2D eigenvalue weighted by Crippen LogP contribution is 2.15. The van der Waals surface area contributed by atoms with Crippen LogP contribution >= 0.6 is 0 Å². The van der Waals surface area contributed by atoms with E-state index in [4.69, 9.17) is 9.47 Å². The first-order valence-electron chi connectivity index (χ1n) is 8.27. The topological polar surface area (TPSA) is 80.7 Å². The number of anilines is 2. The van der Waals surface area contributed by atoms with Crippen molar-refractivity contribution in [2.24, 2.45) is 0 Å². The van der Waals surface area contributed by atoms with E-state index in [1.54, 1.807) is 37.6 Å². The molecule has 1 fully saturated rings. The van der Waals surface area contributed by atoms with Crippen molar-refractivity contribution in [1.29, 1.82) is 0 Å². The predicted molar refractivity (Wildman–Crippen MR) is 95.1 cm³/mol. The van der Waals surface area contributed by atoms with Crippen molar-refractivity contribution in [1.82, 2.24) is 14.7 Å². The fourth-order valence-electron chi connectivity index (χ4n) is 2.59. The first-order chi connectivity index (χ1) is 12.2. The lowest BCUT2D eigenvalue weighted by atomic mass is 10.3. The van der Waals surface area contributed by atoms with Crippen LogP contribution in [0.5, 0.6) is 5.75 Å². The monoisotopic (exact) mass is 345 g/mol. The van der Waals surface area contributed by atoms with Gasteiger partial charge in [-0.3, -0.25) is 9.58 Å². The minimum absolute atomic E-state index is 0.308. The standard InChI is InChI=1S/C17H23N5O3/c1-24-16-4-2-14(3-5-16)19-17(23)20-15-12-18-22(13-15)7-6-21-8-10-25-11-9-21/h2-5,12-13H,6-11H2,1H3,(H2,19,20,23). The molecule has 8 heteroatoms. The number of carbonyl (C=O) groups excluding carboxylic acids is 1. The zero-order chi connectivity index (χ0) is 17.5. The lowest BCUT2D eigenvalue weighted by Gasteiger charge is -2.26. The molecule has 1 aromatic carbocycles. The second kappa shape index (κ2) is 8.50. The highest BCUT2D eigenvalue weighted by molar-refractivity contribution is 5.99. The van der Waals surface area contributed by atoms with E-state index >= 15 is 0 Å². The Morgan fingerprint density at radius 2 is 1.88 bits per heavy atom. The number of benzene rings is 1. The van der Waals surface area contributed by atoms with Gasteiger partial charge in [-0.2, -0.15) is 5.10 Å². The highest BCUT2D eigenvalue weighted by Gasteiger charge is 2.10. The van der Waals surface area contributed by atoms with Crippen molar-refractivity contribution in [2.75, 3.05) is 50.6 Å². The highest BCUT2D eigenvalue weighted by atomic mass is 16.5. The molecule has 0 radical (unpaired) electrons. The normalized spacial score (nSPS) is 14.9. The summed E-state index contributed by atoms with van der Waals surface area (Å²) in [6.07, 6.45) is 3.47. The molecule has 0 aliphatic carbocycles. The summed E-state index contributed by atoms with van der Waals surface area (Å²) in [6, 6.07) is 6.84. The van der Waals surface area contributed by atoms with Crippen molar-refractivity contribution < 1.29 is 14.3 Å². The molecule has 1 aliphatic heterocycles. The third-order valence-corrected chi connectivity index (χ3v) is 3.99. The van der Waals surface area contributed by atoms with E-state index in [1.807, 2.05) is 10.9 Å². The molecule has 2 N–H and O–H groups in total. The number of methoxy groups -OCH3 is 1. The molecule has 0 spiro atoms. The van der Waals surface area contributed by atoms with Gasteiger partial charge in [-0.15, -0.1) is 0 Å². The molecule has 8 nitrogen and oxygen atoms in total. The van der Waals surface area contributed by atoms with Crippen LogP contribution in [0.2, 0.25) is 0 Å². The van der Waals surface area contributed by atoms with Gasteiger partial charge in [-0.25, -0.2) is 4.79 Å². The van der Waals surface area contributed by atoms with Crippen LogP contribution in [-0.4, -0.2) is 60.7 Å². The second-order valence-electron chi connectivity index (χ2n) is 5.75. The molecule has 3 rings (SSSR count). The van der Waals surface area contributed by atoms with Gasteiger partial charge in [0.1, 0.15) is 5.75 Å². The molecular formula is C17H23N5O3. The molecule has 25 heavy (non-hydrogen) atoms. The molecular weight excluding hydrogens is 322 g/mol. The van der Waals surface area contributed by atoms with Gasteiger partial charge < -0.3 is 20.1 Å². The lowest BCUT2D eigenvalue weighted by Crippen LogP contribution is -2.38. The number of hydrogen-bond donors (Lipinski definition) is 2. The maximum absolute atomic E-state index is 12.0. The summed E-state index contributed by atoms with van der Waals surface area (Å²) < 4.78 is 12.3. The van der Waals surface area contributed by atoms with E-state index in [9.17, 15) is 4.79 Å². The summed E-state index contributed by atoms with van der Waals surface area (Å²) in [5.41, 5.74) is 1.35. The Kier molecular flexibility index (Phi) is 5.86. The molecule has 2 amide bonds. The van der Waals surface area contributed by atoms with Crippen LogP contribution in [-0.2, 0) is 11.3 Å². The molecule has 134 valence electrons. The summed E-state index contributed by atoms with van der Waals surface area (Å²) in [6.45, 7) is 5.19. The quantitative estimate of drug-likeness (QED) is 0.835. The Bertz CT molecular complexity index is 680. The average Bonchev–Trinajstić information content (AvgIpc) is 3.08. The summed E-state index contributed by atoms with van der Waals surface area (Å²) in [5, 5.41) is 9.83. The first kappa shape index (κ1) is 17.2. The number of hydrogen-bond acceptors (Lipinski definition) is 5. The molecule has 0 saturated carbocycles. The summed E-state index contributed by atoms with van der Waals surface area (Å²) in [5.74, 6) is 0.743. The van der Waals surface area contributed by atoms with Crippen LogP contribution in [0, 0.1) is 0 Å².